The topological polar surface area (TPSA) is 79.9 Å². The molecule has 3 aromatic rings. The Labute approximate surface area is 150 Å². The lowest BCUT2D eigenvalue weighted by atomic mass is 10.1. The number of aromatic nitrogens is 3. The number of ether oxygens (including phenoxy) is 1. The van der Waals surface area contributed by atoms with E-state index in [1.165, 1.54) is 12.1 Å². The van der Waals surface area contributed by atoms with Crippen molar-refractivity contribution in [3.8, 4) is 5.75 Å². The van der Waals surface area contributed by atoms with Gasteiger partial charge in [-0.15, -0.1) is 10.2 Å². The highest BCUT2D eigenvalue weighted by molar-refractivity contribution is 5.34. The third-order valence-electron chi connectivity index (χ3n) is 4.02. The van der Waals surface area contributed by atoms with Crippen LogP contribution in [0.1, 0.15) is 29.8 Å². The van der Waals surface area contributed by atoms with Crippen LogP contribution in [0.25, 0.3) is 0 Å². The summed E-state index contributed by atoms with van der Waals surface area (Å²) >= 11 is 0. The maximum Gasteiger partial charge on any atom is 0.274 e. The molecule has 0 spiro atoms. The van der Waals surface area contributed by atoms with Crippen molar-refractivity contribution >= 4 is 5.95 Å². The largest absolute Gasteiger partial charge is 0.497 e. The molecule has 0 saturated carbocycles. The second-order valence-corrected chi connectivity index (χ2v) is 5.89. The Hall–Kier alpha value is -3.22. The van der Waals surface area contributed by atoms with E-state index in [4.69, 9.17) is 4.74 Å². The normalized spacial score (nSPS) is 11.8. The van der Waals surface area contributed by atoms with Gasteiger partial charge in [0.15, 0.2) is 0 Å². The Kier molecular flexibility index (Phi) is 5.26. The smallest absolute Gasteiger partial charge is 0.274 e. The van der Waals surface area contributed by atoms with Crippen molar-refractivity contribution < 1.29 is 9.13 Å². The SMILES string of the molecule is COc1ccc(C(C)Nc2nnc(Cc3ccc(F)cc3)c(=O)[nH]2)cc1. The molecular formula is C19H19FN4O2. The van der Waals surface area contributed by atoms with Gasteiger partial charge >= 0.3 is 0 Å². The van der Waals surface area contributed by atoms with E-state index in [-0.39, 0.29) is 29.5 Å². The van der Waals surface area contributed by atoms with Crippen LogP contribution in [-0.2, 0) is 6.42 Å². The minimum Gasteiger partial charge on any atom is -0.497 e. The van der Waals surface area contributed by atoms with E-state index in [0.29, 0.717) is 5.95 Å². The van der Waals surface area contributed by atoms with Crippen LogP contribution in [0, 0.1) is 5.82 Å². The first-order chi connectivity index (χ1) is 12.5. The van der Waals surface area contributed by atoms with Crippen molar-refractivity contribution in [3.63, 3.8) is 0 Å². The van der Waals surface area contributed by atoms with Crippen molar-refractivity contribution in [3.05, 3.63) is 81.5 Å². The Morgan fingerprint density at radius 2 is 1.81 bits per heavy atom. The Morgan fingerprint density at radius 3 is 2.42 bits per heavy atom. The molecule has 7 heteroatoms. The fourth-order valence-electron chi connectivity index (χ4n) is 2.52. The van der Waals surface area contributed by atoms with Gasteiger partial charge in [0.05, 0.1) is 13.2 Å². The van der Waals surface area contributed by atoms with Crippen LogP contribution in [-0.4, -0.2) is 22.3 Å². The van der Waals surface area contributed by atoms with E-state index < -0.39 is 0 Å². The summed E-state index contributed by atoms with van der Waals surface area (Å²) in [6, 6.07) is 13.5. The van der Waals surface area contributed by atoms with Crippen LogP contribution in [0.2, 0.25) is 0 Å². The molecule has 0 amide bonds. The lowest BCUT2D eigenvalue weighted by Gasteiger charge is -2.14. The highest BCUT2D eigenvalue weighted by Crippen LogP contribution is 2.19. The average molecular weight is 354 g/mol. The molecule has 1 atom stereocenters. The third kappa shape index (κ3) is 4.24. The predicted octanol–water partition coefficient (Wildman–Crippen LogP) is 3.08. The van der Waals surface area contributed by atoms with Crippen LogP contribution >= 0.6 is 0 Å². The summed E-state index contributed by atoms with van der Waals surface area (Å²) in [7, 11) is 1.62. The average Bonchev–Trinajstić information content (AvgIpc) is 2.65. The van der Waals surface area contributed by atoms with Crippen LogP contribution in [0.5, 0.6) is 5.75 Å². The summed E-state index contributed by atoms with van der Waals surface area (Å²) in [5.41, 5.74) is 1.76. The molecule has 134 valence electrons. The first kappa shape index (κ1) is 17.6. The summed E-state index contributed by atoms with van der Waals surface area (Å²) in [5, 5.41) is 11.2. The molecule has 2 aromatic carbocycles. The number of methoxy groups -OCH3 is 1. The van der Waals surface area contributed by atoms with Gasteiger partial charge in [-0.1, -0.05) is 24.3 Å². The summed E-state index contributed by atoms with van der Waals surface area (Å²) < 4.78 is 18.1. The number of rotatable bonds is 6. The minimum atomic E-state index is -0.325. The van der Waals surface area contributed by atoms with Crippen molar-refractivity contribution in [2.45, 2.75) is 19.4 Å². The highest BCUT2D eigenvalue weighted by Gasteiger charge is 2.10. The number of nitrogens with one attached hydrogen (secondary N) is 2. The van der Waals surface area contributed by atoms with Crippen molar-refractivity contribution in [1.82, 2.24) is 15.2 Å². The molecule has 0 bridgehead atoms. The van der Waals surface area contributed by atoms with Crippen molar-refractivity contribution in [1.29, 1.82) is 0 Å². The number of benzene rings is 2. The van der Waals surface area contributed by atoms with Gasteiger partial charge in [-0.05, 0) is 42.3 Å². The van der Waals surface area contributed by atoms with Gasteiger partial charge in [-0.2, -0.15) is 0 Å². The monoisotopic (exact) mass is 354 g/mol. The lowest BCUT2D eigenvalue weighted by Crippen LogP contribution is -2.21. The molecule has 0 aliphatic carbocycles. The molecule has 1 unspecified atom stereocenters. The molecule has 1 heterocycles. The van der Waals surface area contributed by atoms with Crippen LogP contribution < -0.4 is 15.6 Å². The summed E-state index contributed by atoms with van der Waals surface area (Å²) in [5.74, 6) is 0.751. The van der Waals surface area contributed by atoms with Crippen molar-refractivity contribution in [2.24, 2.45) is 0 Å². The van der Waals surface area contributed by atoms with Crippen LogP contribution in [0.15, 0.2) is 53.3 Å². The fourth-order valence-corrected chi connectivity index (χ4v) is 2.52. The zero-order valence-corrected chi connectivity index (χ0v) is 14.5. The molecular weight excluding hydrogens is 335 g/mol. The maximum absolute atomic E-state index is 13.0. The Balaban J connectivity index is 1.70. The van der Waals surface area contributed by atoms with Crippen LogP contribution in [0.3, 0.4) is 0 Å². The van der Waals surface area contributed by atoms with E-state index in [0.717, 1.165) is 16.9 Å². The second kappa shape index (κ2) is 7.77. The number of H-pyrrole nitrogens is 1. The highest BCUT2D eigenvalue weighted by atomic mass is 19.1. The Bertz CT molecular complexity index is 924. The molecule has 0 aliphatic rings. The quantitative estimate of drug-likeness (QED) is 0.711. The van der Waals surface area contributed by atoms with E-state index in [9.17, 15) is 9.18 Å². The third-order valence-corrected chi connectivity index (χ3v) is 4.02. The number of aromatic amines is 1. The fraction of sp³-hybridized carbons (Fsp3) is 0.211. The lowest BCUT2D eigenvalue weighted by molar-refractivity contribution is 0.414. The molecule has 26 heavy (non-hydrogen) atoms. The zero-order chi connectivity index (χ0) is 18.5. The molecule has 0 radical (unpaired) electrons. The molecule has 0 saturated heterocycles. The van der Waals surface area contributed by atoms with E-state index >= 15 is 0 Å². The first-order valence-corrected chi connectivity index (χ1v) is 8.16. The summed E-state index contributed by atoms with van der Waals surface area (Å²) in [6.45, 7) is 1.95. The molecule has 0 aliphatic heterocycles. The van der Waals surface area contributed by atoms with E-state index in [1.54, 1.807) is 19.2 Å². The van der Waals surface area contributed by atoms with Gasteiger partial charge in [0.25, 0.3) is 5.56 Å². The number of anilines is 1. The van der Waals surface area contributed by atoms with Crippen LogP contribution in [0.4, 0.5) is 10.3 Å². The summed E-state index contributed by atoms with van der Waals surface area (Å²) in [6.07, 6.45) is 0.289. The molecule has 2 N–H and O–H groups in total. The molecule has 3 rings (SSSR count). The number of nitrogens with zero attached hydrogens (tertiary/aromatic N) is 2. The van der Waals surface area contributed by atoms with Crippen molar-refractivity contribution in [2.75, 3.05) is 12.4 Å². The Morgan fingerprint density at radius 1 is 1.12 bits per heavy atom. The second-order valence-electron chi connectivity index (χ2n) is 5.89. The standard InChI is InChI=1S/C19H19FN4O2/c1-12(14-5-9-16(26-2)10-6-14)21-19-22-18(25)17(23-24-19)11-13-3-7-15(20)8-4-13/h3-10,12H,11H2,1-2H3,(H2,21,22,24,25). The van der Waals surface area contributed by atoms with Gasteiger partial charge < -0.3 is 10.1 Å². The zero-order valence-electron chi connectivity index (χ0n) is 14.5. The van der Waals surface area contributed by atoms with Gasteiger partial charge in [0.1, 0.15) is 17.3 Å². The van der Waals surface area contributed by atoms with Gasteiger partial charge in [0.2, 0.25) is 5.95 Å². The molecule has 1 aromatic heterocycles. The molecule has 0 fully saturated rings. The molecule has 6 nitrogen and oxygen atoms in total. The number of halogens is 1. The summed E-state index contributed by atoms with van der Waals surface area (Å²) in [4.78, 5) is 14.9. The minimum absolute atomic E-state index is 0.0752. The van der Waals surface area contributed by atoms with E-state index in [2.05, 4.69) is 20.5 Å². The van der Waals surface area contributed by atoms with Gasteiger partial charge in [-0.25, -0.2) is 4.39 Å². The van der Waals surface area contributed by atoms with Gasteiger partial charge in [-0.3, -0.25) is 9.78 Å². The van der Waals surface area contributed by atoms with E-state index in [1.807, 2.05) is 31.2 Å². The predicted molar refractivity (Wildman–Crippen MR) is 96.9 cm³/mol. The number of hydrogen-bond acceptors (Lipinski definition) is 5. The number of hydrogen-bond donors (Lipinski definition) is 2. The maximum atomic E-state index is 13.0. The van der Waals surface area contributed by atoms with Gasteiger partial charge in [0, 0.05) is 6.42 Å². The first-order valence-electron chi connectivity index (χ1n) is 8.16.